The number of carbonyl (C=O) groups excluding carboxylic acids is 2. The number of rotatable bonds is 6. The standard InChI is InChI=1S/C21H21F3N2O4/c1-26-18(13-6-5-7-14(12-13)30-21(22,23)24)17(19(27)25-10-11-29-2)15-8-3-4-9-16(15)20(26)28/h3-9,12,17-18H,10-11H2,1-2H3,(H,25,27). The van der Waals surface area contributed by atoms with Crippen molar-refractivity contribution in [1.82, 2.24) is 10.2 Å². The van der Waals surface area contributed by atoms with Crippen LogP contribution in [0.15, 0.2) is 48.5 Å². The van der Waals surface area contributed by atoms with E-state index in [2.05, 4.69) is 10.1 Å². The van der Waals surface area contributed by atoms with Crippen molar-refractivity contribution in [3.05, 3.63) is 65.2 Å². The Hall–Kier alpha value is -3.07. The molecule has 0 spiro atoms. The molecule has 0 saturated heterocycles. The molecule has 6 nitrogen and oxygen atoms in total. The summed E-state index contributed by atoms with van der Waals surface area (Å²) in [5, 5.41) is 2.77. The topological polar surface area (TPSA) is 67.9 Å². The molecule has 0 bridgehead atoms. The second-order valence-electron chi connectivity index (χ2n) is 6.83. The van der Waals surface area contributed by atoms with Crippen LogP contribution in [-0.2, 0) is 9.53 Å². The van der Waals surface area contributed by atoms with Gasteiger partial charge in [0.15, 0.2) is 0 Å². The lowest BCUT2D eigenvalue weighted by Gasteiger charge is -2.39. The molecule has 0 fully saturated rings. The first-order valence-corrected chi connectivity index (χ1v) is 9.21. The molecule has 0 radical (unpaired) electrons. The van der Waals surface area contributed by atoms with Gasteiger partial charge >= 0.3 is 6.36 Å². The molecule has 160 valence electrons. The lowest BCUT2D eigenvalue weighted by atomic mass is 9.79. The SMILES string of the molecule is COCCNC(=O)C1c2ccccc2C(=O)N(C)C1c1cccc(OC(F)(F)F)c1. The first-order chi connectivity index (χ1) is 14.2. The van der Waals surface area contributed by atoms with Crippen LogP contribution in [0.25, 0.3) is 0 Å². The Morgan fingerprint density at radius 2 is 1.90 bits per heavy atom. The minimum Gasteiger partial charge on any atom is -0.406 e. The lowest BCUT2D eigenvalue weighted by Crippen LogP contribution is -2.46. The smallest absolute Gasteiger partial charge is 0.406 e. The van der Waals surface area contributed by atoms with Crippen molar-refractivity contribution >= 4 is 11.8 Å². The van der Waals surface area contributed by atoms with Crippen molar-refractivity contribution in [3.8, 4) is 5.75 Å². The Labute approximate surface area is 171 Å². The number of amides is 2. The summed E-state index contributed by atoms with van der Waals surface area (Å²) < 4.78 is 47.0. The summed E-state index contributed by atoms with van der Waals surface area (Å²) in [6.45, 7) is 0.560. The number of likely N-dealkylation sites (N-methyl/N-ethyl adjacent to an activating group) is 1. The summed E-state index contributed by atoms with van der Waals surface area (Å²) in [7, 11) is 3.03. The number of carbonyl (C=O) groups is 2. The van der Waals surface area contributed by atoms with E-state index in [0.29, 0.717) is 23.3 Å². The zero-order chi connectivity index (χ0) is 21.9. The zero-order valence-corrected chi connectivity index (χ0v) is 16.4. The average molecular weight is 422 g/mol. The van der Waals surface area contributed by atoms with Gasteiger partial charge in [-0.3, -0.25) is 9.59 Å². The molecule has 2 aromatic rings. The number of methoxy groups -OCH3 is 1. The molecule has 1 aliphatic heterocycles. The Kier molecular flexibility index (Phi) is 6.31. The fraction of sp³-hybridized carbons (Fsp3) is 0.333. The van der Waals surface area contributed by atoms with Gasteiger partial charge in [-0.05, 0) is 29.3 Å². The average Bonchev–Trinajstić information content (AvgIpc) is 2.69. The molecule has 9 heteroatoms. The first kappa shape index (κ1) is 21.6. The highest BCUT2D eigenvalue weighted by molar-refractivity contribution is 6.01. The molecule has 2 atom stereocenters. The summed E-state index contributed by atoms with van der Waals surface area (Å²) in [6.07, 6.45) is -4.85. The highest BCUT2D eigenvalue weighted by Gasteiger charge is 2.42. The number of fused-ring (bicyclic) bond motifs is 1. The van der Waals surface area contributed by atoms with Gasteiger partial charge in [-0.25, -0.2) is 0 Å². The number of halogens is 3. The number of benzene rings is 2. The number of ether oxygens (including phenoxy) is 2. The molecule has 1 N–H and O–H groups in total. The van der Waals surface area contributed by atoms with E-state index in [0.717, 1.165) is 0 Å². The van der Waals surface area contributed by atoms with Crippen molar-refractivity contribution in [1.29, 1.82) is 0 Å². The van der Waals surface area contributed by atoms with Crippen LogP contribution in [0.2, 0.25) is 0 Å². The minimum atomic E-state index is -4.85. The van der Waals surface area contributed by atoms with Crippen molar-refractivity contribution in [3.63, 3.8) is 0 Å². The Morgan fingerprint density at radius 1 is 1.17 bits per heavy atom. The Balaban J connectivity index is 2.05. The van der Waals surface area contributed by atoms with Gasteiger partial charge in [0.2, 0.25) is 5.91 Å². The molecule has 30 heavy (non-hydrogen) atoms. The molecular weight excluding hydrogens is 401 g/mol. The molecule has 3 rings (SSSR count). The Morgan fingerprint density at radius 3 is 2.60 bits per heavy atom. The molecule has 0 aliphatic carbocycles. The van der Waals surface area contributed by atoms with Crippen LogP contribution in [-0.4, -0.2) is 50.4 Å². The van der Waals surface area contributed by atoms with Gasteiger partial charge in [-0.1, -0.05) is 30.3 Å². The third-order valence-corrected chi connectivity index (χ3v) is 4.90. The van der Waals surface area contributed by atoms with Crippen LogP contribution in [0.1, 0.15) is 33.4 Å². The summed E-state index contributed by atoms with van der Waals surface area (Å²) in [4.78, 5) is 27.3. The number of nitrogens with one attached hydrogen (secondary N) is 1. The van der Waals surface area contributed by atoms with Crippen LogP contribution in [0, 0.1) is 0 Å². The van der Waals surface area contributed by atoms with E-state index in [9.17, 15) is 22.8 Å². The molecular formula is C21H21F3N2O4. The van der Waals surface area contributed by atoms with Gasteiger partial charge in [-0.2, -0.15) is 0 Å². The fourth-order valence-electron chi connectivity index (χ4n) is 3.66. The first-order valence-electron chi connectivity index (χ1n) is 9.21. The zero-order valence-electron chi connectivity index (χ0n) is 16.4. The van der Waals surface area contributed by atoms with E-state index in [-0.39, 0.29) is 18.4 Å². The van der Waals surface area contributed by atoms with Gasteiger partial charge in [0.05, 0.1) is 18.6 Å². The van der Waals surface area contributed by atoms with Crippen LogP contribution in [0.4, 0.5) is 13.2 Å². The molecule has 1 aliphatic rings. The minimum absolute atomic E-state index is 0.260. The van der Waals surface area contributed by atoms with E-state index in [1.54, 1.807) is 30.3 Å². The largest absolute Gasteiger partial charge is 0.573 e. The third kappa shape index (κ3) is 4.56. The van der Waals surface area contributed by atoms with Gasteiger partial charge in [0.1, 0.15) is 5.75 Å². The maximum atomic E-state index is 13.1. The quantitative estimate of drug-likeness (QED) is 0.726. The maximum absolute atomic E-state index is 13.1. The predicted octanol–water partition coefficient (Wildman–Crippen LogP) is 3.26. The molecule has 2 aromatic carbocycles. The second kappa shape index (κ2) is 8.74. The van der Waals surface area contributed by atoms with Gasteiger partial charge in [0.25, 0.3) is 5.91 Å². The second-order valence-corrected chi connectivity index (χ2v) is 6.83. The number of hydrogen-bond donors (Lipinski definition) is 1. The van der Waals surface area contributed by atoms with E-state index >= 15 is 0 Å². The van der Waals surface area contributed by atoms with E-state index in [4.69, 9.17) is 4.74 Å². The van der Waals surface area contributed by atoms with Crippen LogP contribution in [0.5, 0.6) is 5.75 Å². The predicted molar refractivity (Wildman–Crippen MR) is 102 cm³/mol. The Bertz CT molecular complexity index is 932. The molecule has 0 aromatic heterocycles. The van der Waals surface area contributed by atoms with Gasteiger partial charge in [0, 0.05) is 26.3 Å². The number of alkyl halides is 3. The van der Waals surface area contributed by atoms with E-state index in [1.165, 1.54) is 37.3 Å². The van der Waals surface area contributed by atoms with E-state index < -0.39 is 24.1 Å². The summed E-state index contributed by atoms with van der Waals surface area (Å²) >= 11 is 0. The third-order valence-electron chi connectivity index (χ3n) is 4.90. The van der Waals surface area contributed by atoms with Gasteiger partial charge in [-0.15, -0.1) is 13.2 Å². The van der Waals surface area contributed by atoms with Crippen LogP contribution >= 0.6 is 0 Å². The fourth-order valence-corrected chi connectivity index (χ4v) is 3.66. The molecule has 2 unspecified atom stereocenters. The summed E-state index contributed by atoms with van der Waals surface area (Å²) in [6, 6.07) is 11.2. The highest BCUT2D eigenvalue weighted by atomic mass is 19.4. The van der Waals surface area contributed by atoms with E-state index in [1.807, 2.05) is 0 Å². The summed E-state index contributed by atoms with van der Waals surface area (Å²) in [5.74, 6) is -1.91. The summed E-state index contributed by atoms with van der Waals surface area (Å²) in [5.41, 5.74) is 1.25. The molecule has 0 saturated carbocycles. The van der Waals surface area contributed by atoms with Crippen molar-refractivity contribution < 1.29 is 32.2 Å². The number of hydrogen-bond acceptors (Lipinski definition) is 4. The monoisotopic (exact) mass is 422 g/mol. The van der Waals surface area contributed by atoms with Crippen LogP contribution in [0.3, 0.4) is 0 Å². The van der Waals surface area contributed by atoms with Crippen LogP contribution < -0.4 is 10.1 Å². The molecule has 2 amide bonds. The van der Waals surface area contributed by atoms with Crippen molar-refractivity contribution in [2.75, 3.05) is 27.3 Å². The molecule has 1 heterocycles. The van der Waals surface area contributed by atoms with Gasteiger partial charge < -0.3 is 19.7 Å². The highest BCUT2D eigenvalue weighted by Crippen LogP contribution is 2.42. The number of nitrogens with zero attached hydrogens (tertiary/aromatic N) is 1. The maximum Gasteiger partial charge on any atom is 0.573 e. The normalized spacial score (nSPS) is 18.7. The van der Waals surface area contributed by atoms with Crippen molar-refractivity contribution in [2.24, 2.45) is 0 Å². The van der Waals surface area contributed by atoms with Crippen molar-refractivity contribution in [2.45, 2.75) is 18.3 Å². The lowest BCUT2D eigenvalue weighted by molar-refractivity contribution is -0.274.